The average Bonchev–Trinajstić information content (AvgIpc) is 3.27. The Balaban J connectivity index is 2.00. The van der Waals surface area contributed by atoms with Crippen LogP contribution in [0.15, 0.2) is 24.4 Å². The zero-order valence-corrected chi connectivity index (χ0v) is 22.5. The Labute approximate surface area is 207 Å². The molecule has 190 valence electrons. The molecule has 1 aromatic heterocycles. The quantitative estimate of drug-likeness (QED) is 0.149. The van der Waals surface area contributed by atoms with Crippen molar-refractivity contribution in [3.05, 3.63) is 35.7 Å². The molecule has 0 saturated heterocycles. The van der Waals surface area contributed by atoms with Crippen molar-refractivity contribution >= 4 is 12.2 Å². The fourth-order valence-corrected chi connectivity index (χ4v) is 4.59. The Morgan fingerprint density at radius 1 is 0.515 bits per heavy atom. The number of H-pyrrole nitrogens is 1. The maximum atomic E-state index is 3.40. The van der Waals surface area contributed by atoms with Crippen LogP contribution in [0.25, 0.3) is 12.2 Å². The molecule has 0 radical (unpaired) electrons. The van der Waals surface area contributed by atoms with Crippen LogP contribution in [0.2, 0.25) is 0 Å². The monoisotopic (exact) mass is 455 g/mol. The van der Waals surface area contributed by atoms with Crippen LogP contribution < -0.4 is 0 Å². The lowest BCUT2D eigenvalue weighted by Crippen LogP contribution is -1.82. The van der Waals surface area contributed by atoms with Crippen molar-refractivity contribution in [3.63, 3.8) is 0 Å². The molecule has 0 aliphatic rings. The summed E-state index contributed by atoms with van der Waals surface area (Å²) in [5.74, 6) is 0. The van der Waals surface area contributed by atoms with Crippen LogP contribution in [-0.2, 0) is 0 Å². The van der Waals surface area contributed by atoms with Gasteiger partial charge >= 0.3 is 0 Å². The van der Waals surface area contributed by atoms with Crippen LogP contribution in [0.3, 0.4) is 0 Å². The Morgan fingerprint density at radius 3 is 1.36 bits per heavy atom. The maximum Gasteiger partial charge on any atom is 0.0450 e. The van der Waals surface area contributed by atoms with Gasteiger partial charge in [-0.1, -0.05) is 148 Å². The van der Waals surface area contributed by atoms with E-state index in [1.54, 1.807) is 0 Å². The number of unbranched alkanes of at least 4 members (excludes halogenated alkanes) is 20. The second-order valence-corrected chi connectivity index (χ2v) is 10.1. The van der Waals surface area contributed by atoms with Gasteiger partial charge in [0.1, 0.15) is 0 Å². The molecule has 0 amide bonds. The molecule has 33 heavy (non-hydrogen) atoms. The summed E-state index contributed by atoms with van der Waals surface area (Å²) in [6, 6.07) is 2.20. The third-order valence-corrected chi connectivity index (χ3v) is 6.84. The van der Waals surface area contributed by atoms with Gasteiger partial charge < -0.3 is 4.98 Å². The molecule has 1 aromatic rings. The van der Waals surface area contributed by atoms with Crippen LogP contribution in [0, 0.1) is 0 Å². The first-order chi connectivity index (χ1) is 16.4. The summed E-state index contributed by atoms with van der Waals surface area (Å²) >= 11 is 0. The van der Waals surface area contributed by atoms with Crippen LogP contribution in [0.1, 0.15) is 166 Å². The smallest absolute Gasteiger partial charge is 0.0450 e. The Bertz CT molecular complexity index is 516. The number of aromatic nitrogens is 1. The van der Waals surface area contributed by atoms with Crippen molar-refractivity contribution in [2.45, 2.75) is 155 Å². The van der Waals surface area contributed by atoms with E-state index in [0.717, 1.165) is 0 Å². The van der Waals surface area contributed by atoms with Gasteiger partial charge in [-0.2, -0.15) is 0 Å². The summed E-state index contributed by atoms with van der Waals surface area (Å²) in [4.78, 5) is 3.40. The summed E-state index contributed by atoms with van der Waals surface area (Å²) < 4.78 is 0. The molecular formula is C32H57N. The highest BCUT2D eigenvalue weighted by Gasteiger charge is 1.97. The molecule has 0 spiro atoms. The van der Waals surface area contributed by atoms with Crippen LogP contribution >= 0.6 is 0 Å². The van der Waals surface area contributed by atoms with E-state index in [4.69, 9.17) is 0 Å². The van der Waals surface area contributed by atoms with Gasteiger partial charge in [-0.25, -0.2) is 0 Å². The van der Waals surface area contributed by atoms with Crippen LogP contribution in [-0.4, -0.2) is 4.98 Å². The number of allylic oxidation sites excluding steroid dienone is 2. The Morgan fingerprint density at radius 2 is 0.909 bits per heavy atom. The van der Waals surface area contributed by atoms with E-state index in [1.807, 2.05) is 0 Å². The van der Waals surface area contributed by atoms with E-state index < -0.39 is 0 Å². The Kier molecular flexibility index (Phi) is 21.6. The SMILES string of the molecule is CCCCCCCCCCCCC=Cc1cc[nH]c1C=CCCCCCCCCCCCC. The van der Waals surface area contributed by atoms with Gasteiger partial charge in [0, 0.05) is 11.9 Å². The minimum absolute atomic E-state index is 1.21. The lowest BCUT2D eigenvalue weighted by Gasteiger charge is -2.01. The van der Waals surface area contributed by atoms with E-state index in [-0.39, 0.29) is 0 Å². The highest BCUT2D eigenvalue weighted by Crippen LogP contribution is 2.15. The second kappa shape index (κ2) is 23.9. The van der Waals surface area contributed by atoms with Crippen molar-refractivity contribution in [2.75, 3.05) is 0 Å². The molecule has 1 N–H and O–H groups in total. The predicted molar refractivity (Wildman–Crippen MR) is 152 cm³/mol. The first kappa shape index (κ1) is 29.8. The molecule has 0 aliphatic heterocycles. The van der Waals surface area contributed by atoms with Gasteiger partial charge in [0.15, 0.2) is 0 Å². The molecule has 1 nitrogen and oxygen atoms in total. The van der Waals surface area contributed by atoms with Crippen molar-refractivity contribution in [3.8, 4) is 0 Å². The van der Waals surface area contributed by atoms with E-state index in [0.29, 0.717) is 0 Å². The number of hydrogen-bond donors (Lipinski definition) is 1. The average molecular weight is 456 g/mol. The summed E-state index contributed by atoms with van der Waals surface area (Å²) in [5, 5.41) is 0. The van der Waals surface area contributed by atoms with Gasteiger partial charge in [-0.05, 0) is 43.4 Å². The number of rotatable bonds is 24. The van der Waals surface area contributed by atoms with Gasteiger partial charge in [-0.3, -0.25) is 0 Å². The summed E-state index contributed by atoms with van der Waals surface area (Å²) in [6.07, 6.45) is 42.0. The van der Waals surface area contributed by atoms with E-state index >= 15 is 0 Å². The molecule has 1 rings (SSSR count). The zero-order valence-electron chi connectivity index (χ0n) is 22.5. The molecule has 1 heterocycles. The number of aromatic amines is 1. The molecule has 0 bridgehead atoms. The molecule has 0 saturated carbocycles. The molecule has 0 fully saturated rings. The molecule has 0 atom stereocenters. The predicted octanol–water partition coefficient (Wildman–Crippen LogP) is 11.7. The normalized spacial score (nSPS) is 11.9. The van der Waals surface area contributed by atoms with Gasteiger partial charge in [0.2, 0.25) is 0 Å². The van der Waals surface area contributed by atoms with Crippen molar-refractivity contribution in [1.29, 1.82) is 0 Å². The Hall–Kier alpha value is -1.24. The standard InChI is InChI=1S/C32H57N/c1-3-5-7-9-11-13-15-17-19-21-23-25-27-31-29-30-33-32(31)28-26-24-22-20-18-16-14-12-10-8-6-4-2/h25-30,33H,3-24H2,1-2H3. The van der Waals surface area contributed by atoms with Crippen molar-refractivity contribution < 1.29 is 0 Å². The maximum absolute atomic E-state index is 3.40. The molecule has 1 heteroatoms. The number of nitrogens with one attached hydrogen (secondary N) is 1. The highest BCUT2D eigenvalue weighted by atomic mass is 14.7. The van der Waals surface area contributed by atoms with Gasteiger partial charge in [0.25, 0.3) is 0 Å². The third kappa shape index (κ3) is 18.8. The molecule has 0 unspecified atom stereocenters. The highest BCUT2D eigenvalue weighted by molar-refractivity contribution is 5.62. The third-order valence-electron chi connectivity index (χ3n) is 6.84. The van der Waals surface area contributed by atoms with Crippen LogP contribution in [0.4, 0.5) is 0 Å². The molecule has 0 aliphatic carbocycles. The molecular weight excluding hydrogens is 398 g/mol. The van der Waals surface area contributed by atoms with Gasteiger partial charge in [0.05, 0.1) is 0 Å². The van der Waals surface area contributed by atoms with Crippen molar-refractivity contribution in [2.24, 2.45) is 0 Å². The second-order valence-electron chi connectivity index (χ2n) is 10.1. The van der Waals surface area contributed by atoms with Crippen molar-refractivity contribution in [1.82, 2.24) is 4.98 Å². The summed E-state index contributed by atoms with van der Waals surface area (Å²) in [7, 11) is 0. The van der Waals surface area contributed by atoms with E-state index in [9.17, 15) is 0 Å². The summed E-state index contributed by atoms with van der Waals surface area (Å²) in [6.45, 7) is 4.59. The topological polar surface area (TPSA) is 15.8 Å². The minimum Gasteiger partial charge on any atom is -0.361 e. The van der Waals surface area contributed by atoms with Crippen LogP contribution in [0.5, 0.6) is 0 Å². The van der Waals surface area contributed by atoms with E-state index in [2.05, 4.69) is 55.4 Å². The fraction of sp³-hybridized carbons (Fsp3) is 0.750. The fourth-order valence-electron chi connectivity index (χ4n) is 4.59. The first-order valence-electron chi connectivity index (χ1n) is 14.9. The van der Waals surface area contributed by atoms with E-state index in [1.165, 1.54) is 153 Å². The molecule has 0 aromatic carbocycles. The van der Waals surface area contributed by atoms with Gasteiger partial charge in [-0.15, -0.1) is 0 Å². The largest absolute Gasteiger partial charge is 0.361 e. The summed E-state index contributed by atoms with van der Waals surface area (Å²) in [5.41, 5.74) is 2.60. The first-order valence-corrected chi connectivity index (χ1v) is 14.9. The minimum atomic E-state index is 1.21. The zero-order chi connectivity index (χ0) is 23.7. The lowest BCUT2D eigenvalue weighted by atomic mass is 10.1. The number of hydrogen-bond acceptors (Lipinski definition) is 0. The lowest BCUT2D eigenvalue weighted by molar-refractivity contribution is 0.558.